The van der Waals surface area contributed by atoms with Crippen molar-refractivity contribution in [1.29, 1.82) is 5.26 Å². The molecule has 0 spiro atoms. The second-order valence-electron chi connectivity index (χ2n) is 5.63. The van der Waals surface area contributed by atoms with Crippen LogP contribution in [0.15, 0.2) is 30.3 Å². The zero-order valence-corrected chi connectivity index (χ0v) is 13.1. The number of carbonyl (C=O) groups excluding carboxylic acids is 2. The van der Waals surface area contributed by atoms with Crippen LogP contribution < -0.4 is 5.32 Å². The summed E-state index contributed by atoms with van der Waals surface area (Å²) in [5.41, 5.74) is 1.54. The van der Waals surface area contributed by atoms with E-state index >= 15 is 0 Å². The monoisotopic (exact) mass is 312 g/mol. The first-order valence-electron chi connectivity index (χ1n) is 7.74. The van der Waals surface area contributed by atoms with E-state index in [0.29, 0.717) is 5.69 Å². The van der Waals surface area contributed by atoms with Gasteiger partial charge in [0.25, 0.3) is 0 Å². The van der Waals surface area contributed by atoms with Crippen LogP contribution in [0.5, 0.6) is 0 Å². The predicted octanol–water partition coefficient (Wildman–Crippen LogP) is 3.28. The lowest BCUT2D eigenvalue weighted by molar-refractivity contribution is -0.146. The molecule has 0 aliphatic heterocycles. The van der Waals surface area contributed by atoms with Crippen LogP contribution in [0, 0.1) is 17.2 Å². The molecule has 1 amide bonds. The number of amides is 1. The molecule has 5 nitrogen and oxygen atoms in total. The molecule has 1 aromatic rings. The lowest BCUT2D eigenvalue weighted by atomic mass is 9.87. The predicted molar refractivity (Wildman–Crippen MR) is 87.2 cm³/mol. The maximum atomic E-state index is 11.9. The summed E-state index contributed by atoms with van der Waals surface area (Å²) in [7, 11) is 0. The molecule has 23 heavy (non-hydrogen) atoms. The van der Waals surface area contributed by atoms with Crippen LogP contribution in [-0.2, 0) is 14.3 Å². The van der Waals surface area contributed by atoms with Gasteiger partial charge in [0.2, 0.25) is 5.91 Å². The van der Waals surface area contributed by atoms with Gasteiger partial charge in [-0.2, -0.15) is 5.26 Å². The third-order valence-corrected chi connectivity index (χ3v) is 3.78. The molecule has 2 unspecified atom stereocenters. The number of nitriles is 1. The third-order valence-electron chi connectivity index (χ3n) is 3.78. The fourth-order valence-electron chi connectivity index (χ4n) is 2.62. The van der Waals surface area contributed by atoms with Gasteiger partial charge in [0.1, 0.15) is 6.10 Å². The Balaban J connectivity index is 1.90. The summed E-state index contributed by atoms with van der Waals surface area (Å²) < 4.78 is 5.39. The molecular weight excluding hydrogens is 292 g/mol. The summed E-state index contributed by atoms with van der Waals surface area (Å²) in [4.78, 5) is 22.8. The minimum Gasteiger partial charge on any atom is -0.458 e. The van der Waals surface area contributed by atoms with E-state index < -0.39 is 5.97 Å². The Kier molecular flexibility index (Phi) is 5.93. The highest BCUT2D eigenvalue weighted by atomic mass is 16.5. The number of nitrogens with one attached hydrogen (secondary N) is 1. The van der Waals surface area contributed by atoms with Gasteiger partial charge >= 0.3 is 5.97 Å². The van der Waals surface area contributed by atoms with Crippen molar-refractivity contribution in [3.8, 4) is 6.07 Å². The minimum absolute atomic E-state index is 0.128. The molecule has 0 radical (unpaired) electrons. The largest absolute Gasteiger partial charge is 0.458 e. The van der Waals surface area contributed by atoms with Gasteiger partial charge < -0.3 is 10.1 Å². The van der Waals surface area contributed by atoms with E-state index in [9.17, 15) is 9.59 Å². The van der Waals surface area contributed by atoms with Gasteiger partial charge in [-0.15, -0.1) is 0 Å². The number of ether oxygens (including phenoxy) is 1. The van der Waals surface area contributed by atoms with E-state index in [1.807, 2.05) is 0 Å². The number of hydrogen-bond donors (Lipinski definition) is 1. The van der Waals surface area contributed by atoms with Crippen LogP contribution in [0.3, 0.4) is 0 Å². The SMILES string of the molecule is CC(=O)Nc1ccc(/C=C/C(=O)OC2CCCCC2C#N)cc1. The number of esters is 1. The Morgan fingerprint density at radius 1 is 1.26 bits per heavy atom. The number of carbonyl (C=O) groups is 2. The van der Waals surface area contributed by atoms with E-state index in [1.54, 1.807) is 30.3 Å². The van der Waals surface area contributed by atoms with Crippen LogP contribution >= 0.6 is 0 Å². The molecule has 1 aliphatic rings. The molecular formula is C18H20N2O3. The second-order valence-corrected chi connectivity index (χ2v) is 5.63. The molecule has 0 saturated heterocycles. The Morgan fingerprint density at radius 3 is 2.61 bits per heavy atom. The summed E-state index contributed by atoms with van der Waals surface area (Å²) in [6, 6.07) is 9.34. The normalized spacial score (nSPS) is 20.7. The molecule has 0 aromatic heterocycles. The topological polar surface area (TPSA) is 79.2 Å². The summed E-state index contributed by atoms with van der Waals surface area (Å²) in [5.74, 6) is -0.752. The molecule has 1 aliphatic carbocycles. The zero-order valence-electron chi connectivity index (χ0n) is 13.1. The Morgan fingerprint density at radius 2 is 1.96 bits per heavy atom. The summed E-state index contributed by atoms with van der Waals surface area (Å²) >= 11 is 0. The Hall–Kier alpha value is -2.61. The van der Waals surface area contributed by atoms with Crippen molar-refractivity contribution in [2.75, 3.05) is 5.32 Å². The fourth-order valence-corrected chi connectivity index (χ4v) is 2.62. The van der Waals surface area contributed by atoms with Crippen molar-refractivity contribution < 1.29 is 14.3 Å². The van der Waals surface area contributed by atoms with Gasteiger partial charge in [0.15, 0.2) is 0 Å². The van der Waals surface area contributed by atoms with Gasteiger partial charge in [0, 0.05) is 18.7 Å². The standard InChI is InChI=1S/C18H20N2O3/c1-13(21)20-16-9-6-14(7-10-16)8-11-18(22)23-17-5-3-2-4-15(17)12-19/h6-11,15,17H,2-5H2,1H3,(H,20,21)/b11-8+. The van der Waals surface area contributed by atoms with Crippen molar-refractivity contribution in [2.45, 2.75) is 38.7 Å². The Labute approximate surface area is 135 Å². The average Bonchev–Trinajstić information content (AvgIpc) is 2.54. The zero-order chi connectivity index (χ0) is 16.7. The average molecular weight is 312 g/mol. The first-order chi connectivity index (χ1) is 11.1. The first kappa shape index (κ1) is 16.8. The molecule has 5 heteroatoms. The molecule has 120 valence electrons. The second kappa shape index (κ2) is 8.14. The van der Waals surface area contributed by atoms with E-state index in [2.05, 4.69) is 11.4 Å². The van der Waals surface area contributed by atoms with Crippen molar-refractivity contribution in [3.63, 3.8) is 0 Å². The first-order valence-corrected chi connectivity index (χ1v) is 7.74. The van der Waals surface area contributed by atoms with Gasteiger partial charge in [-0.3, -0.25) is 4.79 Å². The third kappa shape index (κ3) is 5.26. The highest BCUT2D eigenvalue weighted by Crippen LogP contribution is 2.26. The van der Waals surface area contributed by atoms with Crippen molar-refractivity contribution in [2.24, 2.45) is 5.92 Å². The van der Waals surface area contributed by atoms with E-state index in [0.717, 1.165) is 31.2 Å². The molecule has 1 aromatic carbocycles. The van der Waals surface area contributed by atoms with Crippen molar-refractivity contribution >= 4 is 23.6 Å². The lowest BCUT2D eigenvalue weighted by Gasteiger charge is -2.25. The van der Waals surface area contributed by atoms with Gasteiger partial charge in [-0.05, 0) is 43.0 Å². The van der Waals surface area contributed by atoms with Crippen LogP contribution in [0.2, 0.25) is 0 Å². The lowest BCUT2D eigenvalue weighted by Crippen LogP contribution is -2.28. The summed E-state index contributed by atoms with van der Waals surface area (Å²) in [6.45, 7) is 1.45. The molecule has 1 N–H and O–H groups in total. The Bertz CT molecular complexity index is 629. The highest BCUT2D eigenvalue weighted by molar-refractivity contribution is 5.89. The van der Waals surface area contributed by atoms with Crippen LogP contribution in [-0.4, -0.2) is 18.0 Å². The smallest absolute Gasteiger partial charge is 0.331 e. The maximum absolute atomic E-state index is 11.9. The minimum atomic E-state index is -0.428. The van der Waals surface area contributed by atoms with E-state index in [-0.39, 0.29) is 17.9 Å². The van der Waals surface area contributed by atoms with Crippen molar-refractivity contribution in [1.82, 2.24) is 0 Å². The number of nitrogens with zero attached hydrogens (tertiary/aromatic N) is 1. The molecule has 1 saturated carbocycles. The van der Waals surface area contributed by atoms with Gasteiger partial charge in [0.05, 0.1) is 12.0 Å². The molecule has 1 fully saturated rings. The van der Waals surface area contributed by atoms with Crippen LogP contribution in [0.4, 0.5) is 5.69 Å². The number of benzene rings is 1. The number of anilines is 1. The van der Waals surface area contributed by atoms with E-state index in [1.165, 1.54) is 13.0 Å². The number of hydrogen-bond acceptors (Lipinski definition) is 4. The summed E-state index contributed by atoms with van der Waals surface area (Å²) in [5, 5.41) is 11.8. The van der Waals surface area contributed by atoms with E-state index in [4.69, 9.17) is 10.00 Å². The van der Waals surface area contributed by atoms with Gasteiger partial charge in [-0.25, -0.2) is 4.79 Å². The maximum Gasteiger partial charge on any atom is 0.331 e. The molecule has 0 bridgehead atoms. The molecule has 0 heterocycles. The molecule has 2 rings (SSSR count). The van der Waals surface area contributed by atoms with Gasteiger partial charge in [-0.1, -0.05) is 18.6 Å². The van der Waals surface area contributed by atoms with Crippen LogP contribution in [0.25, 0.3) is 6.08 Å². The highest BCUT2D eigenvalue weighted by Gasteiger charge is 2.27. The van der Waals surface area contributed by atoms with Crippen LogP contribution in [0.1, 0.15) is 38.2 Å². The fraction of sp³-hybridized carbons (Fsp3) is 0.389. The molecule has 2 atom stereocenters. The van der Waals surface area contributed by atoms with Crippen molar-refractivity contribution in [3.05, 3.63) is 35.9 Å². The quantitative estimate of drug-likeness (QED) is 0.683. The summed E-state index contributed by atoms with van der Waals surface area (Å²) in [6.07, 6.45) is 6.28. The number of rotatable bonds is 4.